The molecule has 0 spiro atoms. The summed E-state index contributed by atoms with van der Waals surface area (Å²) in [6, 6.07) is 8.20. The molecule has 0 radical (unpaired) electrons. The Kier molecular flexibility index (Phi) is 3.87. The van der Waals surface area contributed by atoms with E-state index in [0.29, 0.717) is 11.3 Å². The van der Waals surface area contributed by atoms with Crippen molar-refractivity contribution in [3.05, 3.63) is 52.8 Å². The van der Waals surface area contributed by atoms with Gasteiger partial charge in [0.25, 0.3) is 10.0 Å². The van der Waals surface area contributed by atoms with Crippen LogP contribution < -0.4 is 10.5 Å². The number of hydrogen-bond donors (Lipinski definition) is 2. The Morgan fingerprint density at radius 1 is 1.20 bits per heavy atom. The second kappa shape index (κ2) is 5.30. The number of aryl methyl sites for hydroxylation is 1. The van der Waals surface area contributed by atoms with Gasteiger partial charge in [-0.15, -0.1) is 0 Å². The van der Waals surface area contributed by atoms with Gasteiger partial charge in [0.15, 0.2) is 0 Å². The average molecular weight is 315 g/mol. The van der Waals surface area contributed by atoms with Crippen LogP contribution in [-0.4, -0.2) is 8.42 Å². The lowest BCUT2D eigenvalue weighted by Crippen LogP contribution is -2.15. The van der Waals surface area contributed by atoms with E-state index in [1.54, 1.807) is 6.92 Å². The first-order chi connectivity index (χ1) is 9.29. The first-order valence-corrected chi connectivity index (χ1v) is 7.50. The number of sulfonamides is 1. The van der Waals surface area contributed by atoms with E-state index < -0.39 is 20.7 Å². The van der Waals surface area contributed by atoms with Gasteiger partial charge in [0.05, 0.1) is 10.7 Å². The normalized spacial score (nSPS) is 11.3. The van der Waals surface area contributed by atoms with Gasteiger partial charge in [-0.05, 0) is 42.8 Å². The summed E-state index contributed by atoms with van der Waals surface area (Å²) in [5, 5.41) is 0.177. The summed E-state index contributed by atoms with van der Waals surface area (Å²) < 4.78 is 40.3. The van der Waals surface area contributed by atoms with Crippen LogP contribution in [0.2, 0.25) is 5.02 Å². The Morgan fingerprint density at radius 3 is 2.60 bits per heavy atom. The molecule has 0 aromatic heterocycles. The van der Waals surface area contributed by atoms with Gasteiger partial charge < -0.3 is 5.73 Å². The summed E-state index contributed by atoms with van der Waals surface area (Å²) in [6.07, 6.45) is 0. The van der Waals surface area contributed by atoms with Crippen molar-refractivity contribution in [1.82, 2.24) is 0 Å². The van der Waals surface area contributed by atoms with Gasteiger partial charge in [-0.1, -0.05) is 17.7 Å². The van der Waals surface area contributed by atoms with Crippen molar-refractivity contribution in [2.45, 2.75) is 11.8 Å². The molecule has 0 aliphatic rings. The fourth-order valence-corrected chi connectivity index (χ4v) is 3.09. The number of rotatable bonds is 3. The third kappa shape index (κ3) is 3.02. The Hall–Kier alpha value is -1.79. The van der Waals surface area contributed by atoms with E-state index in [4.69, 9.17) is 17.3 Å². The molecule has 0 saturated carbocycles. The number of nitrogen functional groups attached to an aromatic ring is 1. The summed E-state index contributed by atoms with van der Waals surface area (Å²) in [5.41, 5.74) is 6.65. The summed E-state index contributed by atoms with van der Waals surface area (Å²) in [4.78, 5) is -0.434. The first-order valence-electron chi connectivity index (χ1n) is 5.63. The van der Waals surface area contributed by atoms with Gasteiger partial charge in [-0.25, -0.2) is 12.8 Å². The van der Waals surface area contributed by atoms with Gasteiger partial charge in [0.1, 0.15) is 10.7 Å². The second-order valence-corrected chi connectivity index (χ2v) is 6.34. The molecule has 106 valence electrons. The predicted octanol–water partition coefficient (Wildman–Crippen LogP) is 3.17. The molecule has 0 atom stereocenters. The average Bonchev–Trinajstić information content (AvgIpc) is 2.36. The monoisotopic (exact) mass is 314 g/mol. The zero-order chi connectivity index (χ0) is 14.9. The molecule has 0 bridgehead atoms. The molecule has 0 aliphatic heterocycles. The maximum Gasteiger partial charge on any atom is 0.264 e. The fourth-order valence-electron chi connectivity index (χ4n) is 1.64. The molecule has 2 aromatic rings. The van der Waals surface area contributed by atoms with Crippen LogP contribution in [0.1, 0.15) is 5.56 Å². The van der Waals surface area contributed by atoms with Crippen LogP contribution in [0, 0.1) is 12.7 Å². The molecule has 4 nitrogen and oxygen atoms in total. The topological polar surface area (TPSA) is 72.2 Å². The maximum absolute atomic E-state index is 13.7. The number of nitrogens with one attached hydrogen (secondary N) is 1. The fraction of sp³-hybridized carbons (Fsp3) is 0.0769. The highest BCUT2D eigenvalue weighted by Crippen LogP contribution is 2.27. The lowest BCUT2D eigenvalue weighted by atomic mass is 10.2. The molecule has 20 heavy (non-hydrogen) atoms. The van der Waals surface area contributed by atoms with Gasteiger partial charge in [0, 0.05) is 5.69 Å². The van der Waals surface area contributed by atoms with Crippen molar-refractivity contribution in [2.75, 3.05) is 10.5 Å². The van der Waals surface area contributed by atoms with E-state index >= 15 is 0 Å². The van der Waals surface area contributed by atoms with Crippen LogP contribution in [0.15, 0.2) is 41.3 Å². The second-order valence-electron chi connectivity index (χ2n) is 4.28. The minimum absolute atomic E-state index is 0.104. The highest BCUT2D eigenvalue weighted by molar-refractivity contribution is 7.92. The molecule has 0 heterocycles. The number of hydrogen-bond acceptors (Lipinski definition) is 3. The SMILES string of the molecule is Cc1ccc(F)c(S(=O)(=O)Nc2cc(N)ccc2Cl)c1. The molecule has 2 aromatic carbocycles. The van der Waals surface area contributed by atoms with Crippen molar-refractivity contribution in [1.29, 1.82) is 0 Å². The highest BCUT2D eigenvalue weighted by atomic mass is 35.5. The van der Waals surface area contributed by atoms with E-state index in [0.717, 1.165) is 6.07 Å². The molecule has 0 amide bonds. The zero-order valence-electron chi connectivity index (χ0n) is 10.5. The van der Waals surface area contributed by atoms with Gasteiger partial charge >= 0.3 is 0 Å². The molecule has 0 unspecified atom stereocenters. The standard InChI is InChI=1S/C13H12ClFN2O2S/c1-8-2-5-11(15)13(6-8)20(18,19)17-12-7-9(16)3-4-10(12)14/h2-7,17H,16H2,1H3. The smallest absolute Gasteiger partial charge is 0.264 e. The molecule has 0 saturated heterocycles. The number of benzene rings is 2. The molecule has 2 rings (SSSR count). The Balaban J connectivity index is 2.46. The lowest BCUT2D eigenvalue weighted by molar-refractivity contribution is 0.570. The summed E-state index contributed by atoms with van der Waals surface area (Å²) in [7, 11) is -4.07. The van der Waals surface area contributed by atoms with E-state index in [2.05, 4.69) is 4.72 Å². The quantitative estimate of drug-likeness (QED) is 0.855. The van der Waals surface area contributed by atoms with Crippen molar-refractivity contribution < 1.29 is 12.8 Å². The van der Waals surface area contributed by atoms with Gasteiger partial charge in [-0.3, -0.25) is 4.72 Å². The van der Waals surface area contributed by atoms with Crippen LogP contribution >= 0.6 is 11.6 Å². The van der Waals surface area contributed by atoms with Crippen LogP contribution in [0.4, 0.5) is 15.8 Å². The van der Waals surface area contributed by atoms with Crippen molar-refractivity contribution in [3.8, 4) is 0 Å². The Morgan fingerprint density at radius 2 is 1.90 bits per heavy atom. The number of anilines is 2. The van der Waals surface area contributed by atoms with E-state index in [9.17, 15) is 12.8 Å². The summed E-state index contributed by atoms with van der Waals surface area (Å²) in [5.74, 6) is -0.830. The molecule has 0 fully saturated rings. The molecule has 0 aliphatic carbocycles. The van der Waals surface area contributed by atoms with Crippen LogP contribution in [-0.2, 0) is 10.0 Å². The van der Waals surface area contributed by atoms with E-state index in [-0.39, 0.29) is 10.7 Å². The minimum Gasteiger partial charge on any atom is -0.399 e. The minimum atomic E-state index is -4.07. The summed E-state index contributed by atoms with van der Waals surface area (Å²) in [6.45, 7) is 1.67. The first kappa shape index (κ1) is 14.6. The highest BCUT2D eigenvalue weighted by Gasteiger charge is 2.20. The molecule has 3 N–H and O–H groups in total. The van der Waals surface area contributed by atoms with Gasteiger partial charge in [0.2, 0.25) is 0 Å². The largest absolute Gasteiger partial charge is 0.399 e. The van der Waals surface area contributed by atoms with Crippen LogP contribution in [0.25, 0.3) is 0 Å². The van der Waals surface area contributed by atoms with Crippen LogP contribution in [0.3, 0.4) is 0 Å². The van der Waals surface area contributed by atoms with Crippen molar-refractivity contribution in [3.63, 3.8) is 0 Å². The van der Waals surface area contributed by atoms with Crippen LogP contribution in [0.5, 0.6) is 0 Å². The predicted molar refractivity (Wildman–Crippen MR) is 77.8 cm³/mol. The van der Waals surface area contributed by atoms with Gasteiger partial charge in [-0.2, -0.15) is 0 Å². The Labute approximate surface area is 121 Å². The lowest BCUT2D eigenvalue weighted by Gasteiger charge is -2.11. The van der Waals surface area contributed by atoms with E-state index in [1.807, 2.05) is 0 Å². The third-order valence-electron chi connectivity index (χ3n) is 2.61. The number of nitrogens with two attached hydrogens (primary N) is 1. The summed E-state index contributed by atoms with van der Waals surface area (Å²) >= 11 is 5.88. The zero-order valence-corrected chi connectivity index (χ0v) is 12.1. The Bertz CT molecular complexity index is 763. The van der Waals surface area contributed by atoms with Crippen molar-refractivity contribution in [2.24, 2.45) is 0 Å². The third-order valence-corrected chi connectivity index (χ3v) is 4.32. The maximum atomic E-state index is 13.7. The molecular weight excluding hydrogens is 303 g/mol. The van der Waals surface area contributed by atoms with E-state index in [1.165, 1.54) is 30.3 Å². The molecular formula is C13H12ClFN2O2S. The van der Waals surface area contributed by atoms with Crippen molar-refractivity contribution >= 4 is 33.0 Å². The number of halogens is 2. The molecule has 7 heteroatoms.